The zero-order valence-electron chi connectivity index (χ0n) is 13.5. The predicted molar refractivity (Wildman–Crippen MR) is 100 cm³/mol. The first kappa shape index (κ1) is 18.0. The smallest absolute Gasteiger partial charge is 0.335 e. The highest BCUT2D eigenvalue weighted by Gasteiger charge is 2.16. The Kier molecular flexibility index (Phi) is 5.02. The van der Waals surface area contributed by atoms with Crippen LogP contribution in [0.5, 0.6) is 0 Å². The number of anilines is 1. The Labute approximate surface area is 159 Å². The number of carboxylic acid groups (broad SMARTS) is 1. The lowest BCUT2D eigenvalue weighted by molar-refractivity contribution is 0.0696. The van der Waals surface area contributed by atoms with Gasteiger partial charge in [-0.15, -0.1) is 0 Å². The molecule has 1 heterocycles. The normalized spacial score (nSPS) is 10.6. The Bertz CT molecular complexity index is 1010. The second-order valence-electron chi connectivity index (χ2n) is 5.58. The zero-order chi connectivity index (χ0) is 18.8. The minimum absolute atomic E-state index is 0.0751. The molecule has 2 aromatic carbocycles. The van der Waals surface area contributed by atoms with Crippen molar-refractivity contribution in [3.8, 4) is 11.3 Å². The molecular formula is C19H13Cl2NO4. The number of carbonyl (C=O) groups is 2. The van der Waals surface area contributed by atoms with Crippen molar-refractivity contribution in [2.45, 2.75) is 6.92 Å². The summed E-state index contributed by atoms with van der Waals surface area (Å²) in [5.41, 5.74) is 1.83. The maximum absolute atomic E-state index is 12.4. The van der Waals surface area contributed by atoms with E-state index in [0.717, 1.165) is 5.56 Å². The number of aryl methyl sites for hydroxylation is 1. The number of hydrogen-bond donors (Lipinski definition) is 2. The van der Waals surface area contributed by atoms with Gasteiger partial charge in [0.05, 0.1) is 10.6 Å². The SMILES string of the molecule is Cc1ccc(C(=O)O)cc1NC(=O)c1ccc(-c2ccc(Cl)cc2Cl)o1. The van der Waals surface area contributed by atoms with Crippen LogP contribution in [0.15, 0.2) is 52.9 Å². The summed E-state index contributed by atoms with van der Waals surface area (Å²) in [6.07, 6.45) is 0. The first-order valence-electron chi connectivity index (χ1n) is 7.55. The van der Waals surface area contributed by atoms with E-state index in [1.165, 1.54) is 18.2 Å². The minimum atomic E-state index is -1.07. The van der Waals surface area contributed by atoms with E-state index in [4.69, 9.17) is 32.7 Å². The number of nitrogens with one attached hydrogen (secondary N) is 1. The fraction of sp³-hybridized carbons (Fsp3) is 0.0526. The number of benzene rings is 2. The molecule has 0 fully saturated rings. The van der Waals surface area contributed by atoms with E-state index < -0.39 is 11.9 Å². The molecule has 26 heavy (non-hydrogen) atoms. The molecule has 0 saturated heterocycles. The second-order valence-corrected chi connectivity index (χ2v) is 6.42. The van der Waals surface area contributed by atoms with Gasteiger partial charge in [-0.3, -0.25) is 4.79 Å². The van der Waals surface area contributed by atoms with Crippen molar-refractivity contribution >= 4 is 40.8 Å². The monoisotopic (exact) mass is 389 g/mol. The molecule has 0 aliphatic rings. The standard InChI is InChI=1S/C19H13Cl2NO4/c1-10-2-3-11(19(24)25)8-15(10)22-18(23)17-7-6-16(26-17)13-5-4-12(20)9-14(13)21/h2-9H,1H3,(H,22,23)(H,24,25). The molecule has 0 saturated carbocycles. The van der Waals surface area contributed by atoms with E-state index in [1.54, 1.807) is 37.3 Å². The van der Waals surface area contributed by atoms with Gasteiger partial charge in [0.1, 0.15) is 5.76 Å². The minimum Gasteiger partial charge on any atom is -0.478 e. The fourth-order valence-electron chi connectivity index (χ4n) is 2.37. The van der Waals surface area contributed by atoms with Crippen LogP contribution in [0.1, 0.15) is 26.5 Å². The summed E-state index contributed by atoms with van der Waals surface area (Å²) < 4.78 is 5.59. The largest absolute Gasteiger partial charge is 0.478 e. The number of hydrogen-bond acceptors (Lipinski definition) is 3. The topological polar surface area (TPSA) is 79.5 Å². The highest BCUT2D eigenvalue weighted by atomic mass is 35.5. The van der Waals surface area contributed by atoms with Crippen LogP contribution in [0, 0.1) is 6.92 Å². The molecular weight excluding hydrogens is 377 g/mol. The molecule has 3 aromatic rings. The lowest BCUT2D eigenvalue weighted by atomic mass is 10.1. The van der Waals surface area contributed by atoms with Crippen molar-refractivity contribution in [3.63, 3.8) is 0 Å². The highest BCUT2D eigenvalue weighted by molar-refractivity contribution is 6.36. The Balaban J connectivity index is 1.85. The number of rotatable bonds is 4. The summed E-state index contributed by atoms with van der Waals surface area (Å²) in [5.74, 6) is -1.07. The van der Waals surface area contributed by atoms with Gasteiger partial charge in [-0.05, 0) is 55.0 Å². The third-order valence-electron chi connectivity index (χ3n) is 3.76. The first-order chi connectivity index (χ1) is 12.3. The van der Waals surface area contributed by atoms with Gasteiger partial charge < -0.3 is 14.8 Å². The maximum atomic E-state index is 12.4. The van der Waals surface area contributed by atoms with E-state index >= 15 is 0 Å². The Morgan fingerprint density at radius 1 is 1.04 bits per heavy atom. The van der Waals surface area contributed by atoms with Crippen LogP contribution in [-0.2, 0) is 0 Å². The molecule has 0 aliphatic heterocycles. The molecule has 0 atom stereocenters. The molecule has 2 N–H and O–H groups in total. The molecule has 1 aromatic heterocycles. The van der Waals surface area contributed by atoms with Crippen LogP contribution < -0.4 is 5.32 Å². The Morgan fingerprint density at radius 3 is 2.50 bits per heavy atom. The lowest BCUT2D eigenvalue weighted by Gasteiger charge is -2.08. The van der Waals surface area contributed by atoms with Gasteiger partial charge in [0.2, 0.25) is 0 Å². The van der Waals surface area contributed by atoms with Crippen LogP contribution in [0.3, 0.4) is 0 Å². The van der Waals surface area contributed by atoms with Crippen LogP contribution >= 0.6 is 23.2 Å². The molecule has 5 nitrogen and oxygen atoms in total. The van der Waals surface area contributed by atoms with E-state index in [9.17, 15) is 9.59 Å². The van der Waals surface area contributed by atoms with E-state index in [0.29, 0.717) is 27.1 Å². The van der Waals surface area contributed by atoms with Gasteiger partial charge in [0.25, 0.3) is 5.91 Å². The maximum Gasteiger partial charge on any atom is 0.335 e. The van der Waals surface area contributed by atoms with E-state index in [2.05, 4.69) is 5.32 Å². The van der Waals surface area contributed by atoms with Crippen molar-refractivity contribution in [3.05, 3.63) is 75.5 Å². The van der Waals surface area contributed by atoms with Gasteiger partial charge >= 0.3 is 5.97 Å². The average molecular weight is 390 g/mol. The molecule has 0 aliphatic carbocycles. The van der Waals surface area contributed by atoms with Crippen molar-refractivity contribution in [1.29, 1.82) is 0 Å². The number of aromatic carboxylic acids is 1. The Morgan fingerprint density at radius 2 is 1.81 bits per heavy atom. The summed E-state index contributed by atoms with van der Waals surface area (Å²) in [6.45, 7) is 1.77. The second kappa shape index (κ2) is 7.23. The summed E-state index contributed by atoms with van der Waals surface area (Å²) in [7, 11) is 0. The molecule has 0 spiro atoms. The summed E-state index contributed by atoms with van der Waals surface area (Å²) in [6, 6.07) is 12.6. The van der Waals surface area contributed by atoms with Crippen LogP contribution in [0.2, 0.25) is 10.0 Å². The van der Waals surface area contributed by atoms with E-state index in [1.807, 2.05) is 0 Å². The zero-order valence-corrected chi connectivity index (χ0v) is 15.1. The summed E-state index contributed by atoms with van der Waals surface area (Å²) >= 11 is 12.0. The number of carbonyl (C=O) groups excluding carboxylic acids is 1. The Hall–Kier alpha value is -2.76. The average Bonchev–Trinajstić information content (AvgIpc) is 3.06. The predicted octanol–water partition coefficient (Wildman–Crippen LogP) is 5.51. The van der Waals surface area contributed by atoms with Crippen LogP contribution in [0.25, 0.3) is 11.3 Å². The number of amides is 1. The molecule has 0 radical (unpaired) electrons. The lowest BCUT2D eigenvalue weighted by Crippen LogP contribution is -2.12. The van der Waals surface area contributed by atoms with Crippen molar-refractivity contribution < 1.29 is 19.1 Å². The molecule has 3 rings (SSSR count). The molecule has 132 valence electrons. The van der Waals surface area contributed by atoms with Gasteiger partial charge in [0, 0.05) is 16.3 Å². The molecule has 1 amide bonds. The number of furan rings is 1. The van der Waals surface area contributed by atoms with Crippen molar-refractivity contribution in [2.24, 2.45) is 0 Å². The van der Waals surface area contributed by atoms with Gasteiger partial charge in [-0.1, -0.05) is 29.3 Å². The molecule has 0 unspecified atom stereocenters. The van der Waals surface area contributed by atoms with Gasteiger partial charge in [-0.2, -0.15) is 0 Å². The van der Waals surface area contributed by atoms with Crippen molar-refractivity contribution in [1.82, 2.24) is 0 Å². The highest BCUT2D eigenvalue weighted by Crippen LogP contribution is 2.31. The third-order valence-corrected chi connectivity index (χ3v) is 4.31. The van der Waals surface area contributed by atoms with Gasteiger partial charge in [-0.25, -0.2) is 4.79 Å². The molecule has 0 bridgehead atoms. The number of halogens is 2. The third kappa shape index (κ3) is 3.74. The number of carboxylic acids is 1. The van der Waals surface area contributed by atoms with Crippen LogP contribution in [0.4, 0.5) is 5.69 Å². The quantitative estimate of drug-likeness (QED) is 0.616. The van der Waals surface area contributed by atoms with Crippen molar-refractivity contribution in [2.75, 3.05) is 5.32 Å². The fourth-order valence-corrected chi connectivity index (χ4v) is 2.87. The van der Waals surface area contributed by atoms with Crippen LogP contribution in [-0.4, -0.2) is 17.0 Å². The summed E-state index contributed by atoms with van der Waals surface area (Å²) in [5, 5.41) is 12.6. The molecule has 7 heteroatoms. The first-order valence-corrected chi connectivity index (χ1v) is 8.31. The summed E-state index contributed by atoms with van der Waals surface area (Å²) in [4.78, 5) is 23.5. The van der Waals surface area contributed by atoms with Gasteiger partial charge in [0.15, 0.2) is 5.76 Å². The van der Waals surface area contributed by atoms with E-state index in [-0.39, 0.29) is 11.3 Å².